The Kier molecular flexibility index (Phi) is 2.52. The maximum atomic E-state index is 6.03. The lowest BCUT2D eigenvalue weighted by atomic mass is 10.2. The number of nitrogen functional groups attached to an aromatic ring is 1. The van der Waals surface area contributed by atoms with Crippen molar-refractivity contribution < 1.29 is 4.74 Å². The number of thiophene rings is 1. The van der Waals surface area contributed by atoms with Crippen LogP contribution >= 0.6 is 22.9 Å². The molecule has 0 bridgehead atoms. The molecule has 4 heteroatoms. The van der Waals surface area contributed by atoms with Crippen molar-refractivity contribution in [2.45, 2.75) is 6.92 Å². The molecule has 2 rings (SSSR count). The molecule has 1 heterocycles. The number of hydrogen-bond acceptors (Lipinski definition) is 3. The molecule has 0 aliphatic rings. The van der Waals surface area contributed by atoms with Gasteiger partial charge in [-0.1, -0.05) is 17.7 Å². The fourth-order valence-corrected chi connectivity index (χ4v) is 2.55. The fraction of sp³-hybridized carbons (Fsp3) is 0.200. The molecule has 0 fully saturated rings. The molecule has 1 aromatic carbocycles. The highest BCUT2D eigenvalue weighted by atomic mass is 35.5. The molecule has 0 aliphatic carbocycles. The molecular weight excluding hydrogens is 218 g/mol. The summed E-state index contributed by atoms with van der Waals surface area (Å²) in [4.78, 5) is 0. The Hall–Kier alpha value is -0.930. The first-order valence-corrected chi connectivity index (χ1v) is 5.52. The van der Waals surface area contributed by atoms with Gasteiger partial charge in [-0.15, -0.1) is 11.3 Å². The van der Waals surface area contributed by atoms with Gasteiger partial charge in [0.15, 0.2) is 5.75 Å². The average molecular weight is 228 g/mol. The van der Waals surface area contributed by atoms with Gasteiger partial charge in [0.05, 0.1) is 21.3 Å². The first kappa shape index (κ1) is 9.62. The van der Waals surface area contributed by atoms with Crippen LogP contribution in [0.1, 0.15) is 6.92 Å². The van der Waals surface area contributed by atoms with Crippen LogP contribution in [-0.4, -0.2) is 6.61 Å². The van der Waals surface area contributed by atoms with E-state index in [0.717, 1.165) is 20.8 Å². The first-order chi connectivity index (χ1) is 6.72. The van der Waals surface area contributed by atoms with Crippen LogP contribution in [0.5, 0.6) is 5.75 Å². The van der Waals surface area contributed by atoms with Gasteiger partial charge < -0.3 is 10.5 Å². The zero-order valence-corrected chi connectivity index (χ0v) is 9.28. The summed E-state index contributed by atoms with van der Waals surface area (Å²) in [6.07, 6.45) is 0. The number of fused-ring (bicyclic) bond motifs is 1. The summed E-state index contributed by atoms with van der Waals surface area (Å²) in [6.45, 7) is 2.54. The van der Waals surface area contributed by atoms with E-state index in [0.29, 0.717) is 11.6 Å². The number of hydrogen-bond donors (Lipinski definition) is 1. The first-order valence-electron chi connectivity index (χ1n) is 4.32. The number of benzene rings is 1. The van der Waals surface area contributed by atoms with Gasteiger partial charge >= 0.3 is 0 Å². The molecule has 1 aromatic heterocycles. The third kappa shape index (κ3) is 1.53. The van der Waals surface area contributed by atoms with Crippen molar-refractivity contribution >= 4 is 38.0 Å². The minimum Gasteiger partial charge on any atom is -0.491 e. The van der Waals surface area contributed by atoms with Gasteiger partial charge in [0.2, 0.25) is 0 Å². The monoisotopic (exact) mass is 227 g/mol. The molecule has 0 atom stereocenters. The fourth-order valence-electron chi connectivity index (χ4n) is 1.35. The standard InChI is InChI=1S/C10H10ClNOS/c1-2-13-9-7(11)4-3-6-5-8(12)14-10(6)9/h3-5H,2,12H2,1H3. The molecule has 74 valence electrons. The zero-order chi connectivity index (χ0) is 10.1. The van der Waals surface area contributed by atoms with Gasteiger partial charge in [0, 0.05) is 0 Å². The number of nitrogens with two attached hydrogens (primary N) is 1. The quantitative estimate of drug-likeness (QED) is 0.852. The average Bonchev–Trinajstić information content (AvgIpc) is 2.51. The molecule has 2 nitrogen and oxygen atoms in total. The second-order valence-electron chi connectivity index (χ2n) is 2.88. The summed E-state index contributed by atoms with van der Waals surface area (Å²) in [5.74, 6) is 0.744. The third-order valence-corrected chi connectivity index (χ3v) is 3.18. The normalized spacial score (nSPS) is 10.7. The van der Waals surface area contributed by atoms with Crippen molar-refractivity contribution in [3.63, 3.8) is 0 Å². The van der Waals surface area contributed by atoms with E-state index < -0.39 is 0 Å². The van der Waals surface area contributed by atoms with E-state index in [9.17, 15) is 0 Å². The lowest BCUT2D eigenvalue weighted by Gasteiger charge is -2.05. The molecule has 2 N–H and O–H groups in total. The van der Waals surface area contributed by atoms with E-state index in [1.54, 1.807) is 0 Å². The van der Waals surface area contributed by atoms with E-state index in [-0.39, 0.29) is 0 Å². The topological polar surface area (TPSA) is 35.2 Å². The van der Waals surface area contributed by atoms with Crippen LogP contribution in [0.15, 0.2) is 18.2 Å². The summed E-state index contributed by atoms with van der Waals surface area (Å²) in [5.41, 5.74) is 5.73. The van der Waals surface area contributed by atoms with Crippen LogP contribution in [0.2, 0.25) is 5.02 Å². The predicted molar refractivity (Wildman–Crippen MR) is 62.4 cm³/mol. The summed E-state index contributed by atoms with van der Waals surface area (Å²) in [5, 5.41) is 2.50. The van der Waals surface area contributed by atoms with Gasteiger partial charge in [0.1, 0.15) is 0 Å². The second-order valence-corrected chi connectivity index (χ2v) is 4.37. The highest BCUT2D eigenvalue weighted by molar-refractivity contribution is 7.23. The van der Waals surface area contributed by atoms with Crippen LogP contribution in [0.3, 0.4) is 0 Å². The number of anilines is 1. The molecule has 0 amide bonds. The van der Waals surface area contributed by atoms with E-state index >= 15 is 0 Å². The second kappa shape index (κ2) is 3.67. The SMILES string of the molecule is CCOc1c(Cl)ccc2cc(N)sc12. The molecule has 0 aliphatic heterocycles. The largest absolute Gasteiger partial charge is 0.491 e. The number of ether oxygens (including phenoxy) is 1. The Bertz CT molecular complexity index is 466. The van der Waals surface area contributed by atoms with Crippen LogP contribution < -0.4 is 10.5 Å². The van der Waals surface area contributed by atoms with Gasteiger partial charge in [0.25, 0.3) is 0 Å². The van der Waals surface area contributed by atoms with Crippen molar-refractivity contribution in [2.75, 3.05) is 12.3 Å². The van der Waals surface area contributed by atoms with Gasteiger partial charge in [-0.05, 0) is 24.4 Å². The molecular formula is C10H10ClNOS. The van der Waals surface area contributed by atoms with E-state index in [1.807, 2.05) is 25.1 Å². The molecule has 0 unspecified atom stereocenters. The van der Waals surface area contributed by atoms with E-state index in [4.69, 9.17) is 22.1 Å². The Labute approximate surface area is 91.2 Å². The summed E-state index contributed by atoms with van der Waals surface area (Å²) >= 11 is 7.53. The zero-order valence-electron chi connectivity index (χ0n) is 7.71. The smallest absolute Gasteiger partial charge is 0.155 e. The maximum absolute atomic E-state index is 6.03. The van der Waals surface area contributed by atoms with Crippen molar-refractivity contribution in [2.24, 2.45) is 0 Å². The van der Waals surface area contributed by atoms with Gasteiger partial charge in [-0.2, -0.15) is 0 Å². The minimum absolute atomic E-state index is 0.608. The molecule has 2 aromatic rings. The van der Waals surface area contributed by atoms with E-state index in [2.05, 4.69) is 0 Å². The van der Waals surface area contributed by atoms with Gasteiger partial charge in [-0.3, -0.25) is 0 Å². The Morgan fingerprint density at radius 3 is 3.00 bits per heavy atom. The lowest BCUT2D eigenvalue weighted by Crippen LogP contribution is -1.91. The summed E-state index contributed by atoms with van der Waals surface area (Å²) in [6, 6.07) is 5.72. The predicted octanol–water partition coefficient (Wildman–Crippen LogP) is 3.54. The van der Waals surface area contributed by atoms with Crippen LogP contribution in [0.4, 0.5) is 5.00 Å². The lowest BCUT2D eigenvalue weighted by molar-refractivity contribution is 0.345. The number of rotatable bonds is 2. The summed E-state index contributed by atoms with van der Waals surface area (Å²) in [7, 11) is 0. The number of halogens is 1. The molecule has 0 radical (unpaired) electrons. The Morgan fingerprint density at radius 1 is 1.50 bits per heavy atom. The van der Waals surface area contributed by atoms with Gasteiger partial charge in [-0.25, -0.2) is 0 Å². The highest BCUT2D eigenvalue weighted by Gasteiger charge is 2.09. The molecule has 14 heavy (non-hydrogen) atoms. The summed E-state index contributed by atoms with van der Waals surface area (Å²) < 4.78 is 6.51. The van der Waals surface area contributed by atoms with Crippen LogP contribution in [-0.2, 0) is 0 Å². The highest BCUT2D eigenvalue weighted by Crippen LogP contribution is 2.39. The van der Waals surface area contributed by atoms with Crippen LogP contribution in [0, 0.1) is 0 Å². The Balaban J connectivity index is 2.68. The van der Waals surface area contributed by atoms with Crippen molar-refractivity contribution in [3.8, 4) is 5.75 Å². The molecule has 0 saturated heterocycles. The van der Waals surface area contributed by atoms with Crippen LogP contribution in [0.25, 0.3) is 10.1 Å². The van der Waals surface area contributed by atoms with E-state index in [1.165, 1.54) is 11.3 Å². The van der Waals surface area contributed by atoms with Crippen molar-refractivity contribution in [1.82, 2.24) is 0 Å². The minimum atomic E-state index is 0.608. The molecule has 0 saturated carbocycles. The molecule has 0 spiro atoms. The van der Waals surface area contributed by atoms with Crippen molar-refractivity contribution in [1.29, 1.82) is 0 Å². The third-order valence-electron chi connectivity index (χ3n) is 1.90. The maximum Gasteiger partial charge on any atom is 0.155 e. The van der Waals surface area contributed by atoms with Crippen molar-refractivity contribution in [3.05, 3.63) is 23.2 Å². The Morgan fingerprint density at radius 2 is 2.29 bits per heavy atom.